The Hall–Kier alpha value is -1.67. The first-order valence-corrected chi connectivity index (χ1v) is 7.08. The molecular weight excluding hydrogens is 333 g/mol. The van der Waals surface area contributed by atoms with Crippen LogP contribution < -0.4 is 0 Å². The van der Waals surface area contributed by atoms with Crippen LogP contribution in [0.4, 0.5) is 0 Å². The molecule has 9 heteroatoms. The summed E-state index contributed by atoms with van der Waals surface area (Å²) in [6.45, 7) is 0.0150. The molecule has 0 unspecified atom stereocenters. The lowest BCUT2D eigenvalue weighted by Gasteiger charge is -2.28. The smallest absolute Gasteiger partial charge is 0.335 e. The van der Waals surface area contributed by atoms with E-state index < -0.39 is 17.9 Å². The molecule has 0 aliphatic carbocycles. The van der Waals surface area contributed by atoms with E-state index in [-0.39, 0.29) is 13.2 Å². The van der Waals surface area contributed by atoms with Crippen LogP contribution in [0.1, 0.15) is 5.56 Å². The van der Waals surface area contributed by atoms with E-state index >= 15 is 0 Å². The average Bonchev–Trinajstić information content (AvgIpc) is 3.09. The summed E-state index contributed by atoms with van der Waals surface area (Å²) in [6, 6.07) is 4.82. The number of halogens is 2. The van der Waals surface area contributed by atoms with E-state index in [4.69, 9.17) is 37.8 Å². The van der Waals surface area contributed by atoms with Crippen molar-refractivity contribution in [3.05, 3.63) is 46.5 Å². The van der Waals surface area contributed by atoms with E-state index in [9.17, 15) is 4.79 Å². The molecule has 2 heterocycles. The standard InChI is InChI=1S/C13H11Cl2N3O4/c14-8-1-2-9(10(15)3-8)13(5-18-7-16-6-17-18)21-4-11(22-13)12(19)20/h1-3,6-7,11H,4-5H2,(H,19,20)/t11-,13-/m1/s1. The van der Waals surface area contributed by atoms with Gasteiger partial charge in [0.25, 0.3) is 0 Å². The maximum Gasteiger partial charge on any atom is 0.335 e. The summed E-state index contributed by atoms with van der Waals surface area (Å²) in [5.74, 6) is -2.47. The van der Waals surface area contributed by atoms with E-state index in [1.54, 1.807) is 18.2 Å². The minimum Gasteiger partial charge on any atom is -0.479 e. The van der Waals surface area contributed by atoms with Crippen molar-refractivity contribution in [2.24, 2.45) is 0 Å². The van der Waals surface area contributed by atoms with Gasteiger partial charge in [-0.1, -0.05) is 29.3 Å². The highest BCUT2D eigenvalue weighted by atomic mass is 35.5. The monoisotopic (exact) mass is 343 g/mol. The number of aromatic nitrogens is 3. The van der Waals surface area contributed by atoms with Crippen molar-refractivity contribution in [1.29, 1.82) is 0 Å². The Morgan fingerprint density at radius 3 is 2.91 bits per heavy atom. The Bertz CT molecular complexity index is 695. The van der Waals surface area contributed by atoms with Crippen molar-refractivity contribution in [1.82, 2.24) is 14.8 Å². The van der Waals surface area contributed by atoms with E-state index in [2.05, 4.69) is 10.1 Å². The molecule has 1 saturated heterocycles. The van der Waals surface area contributed by atoms with Crippen molar-refractivity contribution in [2.75, 3.05) is 6.61 Å². The van der Waals surface area contributed by atoms with Crippen molar-refractivity contribution in [3.63, 3.8) is 0 Å². The summed E-state index contributed by atoms with van der Waals surface area (Å²) >= 11 is 12.1. The molecule has 22 heavy (non-hydrogen) atoms. The molecule has 1 N–H and O–H groups in total. The SMILES string of the molecule is O=C(O)[C@H]1CO[C@@](Cn2cncn2)(c2ccc(Cl)cc2Cl)O1. The number of hydrogen-bond acceptors (Lipinski definition) is 5. The fraction of sp³-hybridized carbons (Fsp3) is 0.308. The second kappa shape index (κ2) is 5.85. The summed E-state index contributed by atoms with van der Waals surface area (Å²) < 4.78 is 12.8. The van der Waals surface area contributed by atoms with Crippen LogP contribution in [0.3, 0.4) is 0 Å². The topological polar surface area (TPSA) is 86.5 Å². The Morgan fingerprint density at radius 2 is 2.32 bits per heavy atom. The lowest BCUT2D eigenvalue weighted by molar-refractivity contribution is -0.195. The van der Waals surface area contributed by atoms with Crippen LogP contribution in [0, 0.1) is 0 Å². The van der Waals surface area contributed by atoms with E-state index in [1.807, 2.05) is 0 Å². The van der Waals surface area contributed by atoms with Crippen molar-refractivity contribution in [3.8, 4) is 0 Å². The molecule has 0 saturated carbocycles. The second-order valence-electron chi connectivity index (χ2n) is 4.73. The summed E-state index contributed by atoms with van der Waals surface area (Å²) in [7, 11) is 0. The number of carboxylic acid groups (broad SMARTS) is 1. The molecule has 1 aliphatic heterocycles. The first-order valence-electron chi connectivity index (χ1n) is 6.33. The van der Waals surface area contributed by atoms with Crippen LogP contribution in [-0.4, -0.2) is 38.6 Å². The van der Waals surface area contributed by atoms with Crippen LogP contribution in [0.5, 0.6) is 0 Å². The lowest BCUT2D eigenvalue weighted by atomic mass is 10.1. The molecule has 1 fully saturated rings. The Balaban J connectivity index is 2.01. The van der Waals surface area contributed by atoms with Gasteiger partial charge < -0.3 is 14.6 Å². The minimum atomic E-state index is -1.36. The Kier molecular flexibility index (Phi) is 4.05. The Morgan fingerprint density at radius 1 is 1.50 bits per heavy atom. The average molecular weight is 344 g/mol. The van der Waals surface area contributed by atoms with Crippen LogP contribution >= 0.6 is 23.2 Å². The van der Waals surface area contributed by atoms with Crippen LogP contribution in [0.25, 0.3) is 0 Å². The van der Waals surface area contributed by atoms with Gasteiger partial charge in [-0.05, 0) is 12.1 Å². The van der Waals surface area contributed by atoms with Gasteiger partial charge in [0.05, 0.1) is 11.6 Å². The summed E-state index contributed by atoms with van der Waals surface area (Å²) in [6.07, 6.45) is 1.75. The van der Waals surface area contributed by atoms with E-state index in [0.29, 0.717) is 15.6 Å². The van der Waals surface area contributed by atoms with Crippen LogP contribution in [-0.2, 0) is 26.6 Å². The summed E-state index contributed by atoms with van der Waals surface area (Å²) in [5, 5.41) is 13.9. The maximum atomic E-state index is 11.2. The fourth-order valence-corrected chi connectivity index (χ4v) is 2.82. The molecule has 0 bridgehead atoms. The van der Waals surface area contributed by atoms with Crippen molar-refractivity contribution in [2.45, 2.75) is 18.4 Å². The quantitative estimate of drug-likeness (QED) is 0.912. The van der Waals surface area contributed by atoms with Gasteiger partial charge in [-0.2, -0.15) is 5.10 Å². The molecule has 1 aliphatic rings. The molecule has 0 radical (unpaired) electrons. The molecule has 2 atom stereocenters. The van der Waals surface area contributed by atoms with Gasteiger partial charge in [-0.15, -0.1) is 0 Å². The number of carboxylic acids is 1. The number of benzene rings is 1. The first-order chi connectivity index (χ1) is 10.5. The van der Waals surface area contributed by atoms with Gasteiger partial charge in [0.1, 0.15) is 19.2 Å². The normalized spacial score (nSPS) is 24.5. The maximum absolute atomic E-state index is 11.2. The zero-order chi connectivity index (χ0) is 15.7. The van der Waals surface area contributed by atoms with Gasteiger partial charge >= 0.3 is 5.97 Å². The molecule has 0 amide bonds. The van der Waals surface area contributed by atoms with Gasteiger partial charge in [0.2, 0.25) is 5.79 Å². The molecule has 7 nitrogen and oxygen atoms in total. The zero-order valence-electron chi connectivity index (χ0n) is 11.1. The molecule has 116 valence electrons. The highest BCUT2D eigenvalue weighted by Gasteiger charge is 2.47. The predicted octanol–water partition coefficient (Wildman–Crippen LogP) is 1.94. The van der Waals surface area contributed by atoms with Crippen LogP contribution in [0.2, 0.25) is 10.0 Å². The second-order valence-corrected chi connectivity index (χ2v) is 5.57. The third-order valence-corrected chi connectivity index (χ3v) is 3.80. The van der Waals surface area contributed by atoms with Gasteiger partial charge in [-0.3, -0.25) is 0 Å². The van der Waals surface area contributed by atoms with Gasteiger partial charge in [0.15, 0.2) is 6.10 Å². The molecule has 3 rings (SSSR count). The number of nitrogens with zero attached hydrogens (tertiary/aromatic N) is 3. The zero-order valence-corrected chi connectivity index (χ0v) is 12.7. The van der Waals surface area contributed by atoms with Crippen molar-refractivity contribution >= 4 is 29.2 Å². The molecule has 0 spiro atoms. The van der Waals surface area contributed by atoms with Crippen molar-refractivity contribution < 1.29 is 19.4 Å². The van der Waals surface area contributed by atoms with Gasteiger partial charge in [-0.25, -0.2) is 14.5 Å². The third-order valence-electron chi connectivity index (χ3n) is 3.25. The molecule has 2 aromatic rings. The molecule has 1 aromatic carbocycles. The molecular formula is C13H11Cl2N3O4. The van der Waals surface area contributed by atoms with Gasteiger partial charge in [0, 0.05) is 10.6 Å². The largest absolute Gasteiger partial charge is 0.479 e. The minimum absolute atomic E-state index is 0.0943. The predicted molar refractivity (Wildman–Crippen MR) is 76.6 cm³/mol. The summed E-state index contributed by atoms with van der Waals surface area (Å²) in [5.41, 5.74) is 0.484. The third kappa shape index (κ3) is 2.80. The fourth-order valence-electron chi connectivity index (χ4n) is 2.27. The first kappa shape index (κ1) is 15.2. The number of hydrogen-bond donors (Lipinski definition) is 1. The highest BCUT2D eigenvalue weighted by Crippen LogP contribution is 2.40. The Labute approximate surface area is 135 Å². The summed E-state index contributed by atoms with van der Waals surface area (Å²) in [4.78, 5) is 15.0. The highest BCUT2D eigenvalue weighted by molar-refractivity contribution is 6.35. The number of aliphatic carboxylic acids is 1. The number of rotatable bonds is 4. The van der Waals surface area contributed by atoms with E-state index in [1.165, 1.54) is 17.3 Å². The van der Waals surface area contributed by atoms with Crippen LogP contribution in [0.15, 0.2) is 30.9 Å². The lowest BCUT2D eigenvalue weighted by Crippen LogP contribution is -2.35. The number of ether oxygens (including phenoxy) is 2. The number of carbonyl (C=O) groups is 1. The van der Waals surface area contributed by atoms with E-state index in [0.717, 1.165) is 0 Å². The molecule has 1 aromatic heterocycles.